The van der Waals surface area contributed by atoms with Gasteiger partial charge in [0.15, 0.2) is 0 Å². The second kappa shape index (κ2) is 6.31. The molecule has 0 unspecified atom stereocenters. The van der Waals surface area contributed by atoms with Crippen LogP contribution in [0.4, 0.5) is 11.6 Å². The fourth-order valence-electron chi connectivity index (χ4n) is 3.45. The molecule has 0 aliphatic carbocycles. The van der Waals surface area contributed by atoms with E-state index < -0.39 is 6.04 Å². The van der Waals surface area contributed by atoms with E-state index in [1.54, 1.807) is 11.8 Å². The van der Waals surface area contributed by atoms with Crippen molar-refractivity contribution in [3.8, 4) is 17.0 Å². The van der Waals surface area contributed by atoms with Crippen molar-refractivity contribution in [2.75, 3.05) is 12.4 Å². The summed E-state index contributed by atoms with van der Waals surface area (Å²) in [5.74, 6) is 1.14. The molecule has 0 saturated carbocycles. The zero-order valence-corrected chi connectivity index (χ0v) is 14.8. The number of nitrogens with one attached hydrogen (secondary N) is 2. The van der Waals surface area contributed by atoms with E-state index in [-0.39, 0.29) is 5.56 Å². The number of hydrogen-bond acceptors (Lipinski definition) is 7. The van der Waals surface area contributed by atoms with Crippen LogP contribution in [0.1, 0.15) is 17.2 Å². The average Bonchev–Trinajstić information content (AvgIpc) is 3.22. The second-order valence-electron chi connectivity index (χ2n) is 6.30. The van der Waals surface area contributed by atoms with E-state index in [1.807, 2.05) is 54.6 Å². The lowest BCUT2D eigenvalue weighted by Gasteiger charge is -2.27. The number of tetrazole rings is 1. The zero-order chi connectivity index (χ0) is 19.1. The fraction of sp³-hybridized carbons (Fsp3) is 0.105. The Morgan fingerprint density at radius 2 is 1.86 bits per heavy atom. The Labute approximate surface area is 159 Å². The number of anilines is 2. The molecule has 0 bridgehead atoms. The third-order valence-corrected chi connectivity index (χ3v) is 4.75. The third kappa shape index (κ3) is 2.44. The van der Waals surface area contributed by atoms with Crippen molar-refractivity contribution < 1.29 is 4.74 Å². The molecule has 0 saturated heterocycles. The van der Waals surface area contributed by atoms with E-state index in [4.69, 9.17) is 4.74 Å². The number of aromatic nitrogens is 6. The highest BCUT2D eigenvalue weighted by molar-refractivity contribution is 5.75. The molecule has 0 amide bonds. The molecule has 3 heterocycles. The minimum Gasteiger partial charge on any atom is -0.497 e. The highest BCUT2D eigenvalue weighted by Gasteiger charge is 2.34. The second-order valence-corrected chi connectivity index (χ2v) is 6.30. The highest BCUT2D eigenvalue weighted by atomic mass is 16.5. The van der Waals surface area contributed by atoms with Crippen LogP contribution in [0.5, 0.6) is 5.75 Å². The monoisotopic (exact) mass is 373 g/mol. The molecule has 1 aliphatic rings. The Kier molecular flexibility index (Phi) is 3.64. The van der Waals surface area contributed by atoms with Gasteiger partial charge in [-0.3, -0.25) is 4.79 Å². The number of ether oxygens (including phenoxy) is 1. The summed E-state index contributed by atoms with van der Waals surface area (Å²) >= 11 is 0. The first-order valence-corrected chi connectivity index (χ1v) is 8.63. The fourth-order valence-corrected chi connectivity index (χ4v) is 3.45. The van der Waals surface area contributed by atoms with Gasteiger partial charge in [-0.05, 0) is 40.3 Å². The Morgan fingerprint density at radius 3 is 2.61 bits per heavy atom. The van der Waals surface area contributed by atoms with Crippen LogP contribution in [0.15, 0.2) is 59.4 Å². The molecule has 9 nitrogen and oxygen atoms in total. The molecule has 5 rings (SSSR count). The summed E-state index contributed by atoms with van der Waals surface area (Å²) in [5.41, 5.74) is 3.19. The standard InChI is InChI=1S/C19H15N7O2/c1-28-13-9-7-11(8-10-13)15-14-16(18(27)22-21-15)20-19-23-24-25-26(19)17(14)12-5-3-2-4-6-12/h2-10,17H,1H3,(H,22,27)(H,20,23,25)/t17-/m0/s1. The molecule has 1 aliphatic heterocycles. The van der Waals surface area contributed by atoms with Crippen LogP contribution >= 0.6 is 0 Å². The van der Waals surface area contributed by atoms with Gasteiger partial charge in [0.1, 0.15) is 17.5 Å². The van der Waals surface area contributed by atoms with Crippen molar-refractivity contribution in [1.29, 1.82) is 0 Å². The van der Waals surface area contributed by atoms with Crippen molar-refractivity contribution in [3.05, 3.63) is 76.1 Å². The van der Waals surface area contributed by atoms with Crippen molar-refractivity contribution in [3.63, 3.8) is 0 Å². The lowest BCUT2D eigenvalue weighted by atomic mass is 9.92. The maximum Gasteiger partial charge on any atom is 0.288 e. The van der Waals surface area contributed by atoms with Gasteiger partial charge in [-0.25, -0.2) is 5.10 Å². The molecule has 2 aromatic heterocycles. The quantitative estimate of drug-likeness (QED) is 0.498. The number of H-pyrrole nitrogens is 1. The molecular formula is C19H15N7O2. The van der Waals surface area contributed by atoms with Crippen LogP contribution in [0.25, 0.3) is 11.3 Å². The smallest absolute Gasteiger partial charge is 0.288 e. The van der Waals surface area contributed by atoms with E-state index >= 15 is 0 Å². The molecule has 28 heavy (non-hydrogen) atoms. The first kappa shape index (κ1) is 16.2. The number of nitrogens with zero attached hydrogens (tertiary/aromatic N) is 5. The first-order chi connectivity index (χ1) is 13.8. The Morgan fingerprint density at radius 1 is 1.07 bits per heavy atom. The molecule has 9 heteroatoms. The van der Waals surface area contributed by atoms with E-state index in [9.17, 15) is 4.79 Å². The van der Waals surface area contributed by atoms with Crippen LogP contribution in [0.3, 0.4) is 0 Å². The van der Waals surface area contributed by atoms with Crippen molar-refractivity contribution >= 4 is 11.6 Å². The molecule has 2 aromatic carbocycles. The molecule has 2 N–H and O–H groups in total. The minimum atomic E-state index is -0.394. The van der Waals surface area contributed by atoms with E-state index in [0.29, 0.717) is 22.9 Å². The number of benzene rings is 2. The van der Waals surface area contributed by atoms with Gasteiger partial charge >= 0.3 is 0 Å². The van der Waals surface area contributed by atoms with Crippen LogP contribution in [-0.4, -0.2) is 37.5 Å². The molecule has 138 valence electrons. The lowest BCUT2D eigenvalue weighted by molar-refractivity contribution is 0.415. The largest absolute Gasteiger partial charge is 0.497 e. The minimum absolute atomic E-state index is 0.331. The number of rotatable bonds is 3. The normalized spacial score (nSPS) is 14.7. The van der Waals surface area contributed by atoms with Crippen LogP contribution in [0, 0.1) is 0 Å². The van der Waals surface area contributed by atoms with Crippen LogP contribution in [0.2, 0.25) is 0 Å². The molecule has 0 spiro atoms. The van der Waals surface area contributed by atoms with Gasteiger partial charge < -0.3 is 10.1 Å². The predicted molar refractivity (Wildman–Crippen MR) is 102 cm³/mol. The van der Waals surface area contributed by atoms with Gasteiger partial charge in [0.25, 0.3) is 5.56 Å². The maximum absolute atomic E-state index is 12.6. The maximum atomic E-state index is 12.6. The SMILES string of the molecule is COc1ccc(-c2n[nH]c(=O)c3c2[C@H](c2ccccc2)n2nnnc2N3)cc1. The van der Waals surface area contributed by atoms with Gasteiger partial charge in [-0.15, -0.1) is 0 Å². The molecule has 1 atom stereocenters. The first-order valence-electron chi connectivity index (χ1n) is 8.63. The molecule has 0 radical (unpaired) electrons. The average molecular weight is 373 g/mol. The summed E-state index contributed by atoms with van der Waals surface area (Å²) in [4.78, 5) is 12.6. The lowest BCUT2D eigenvalue weighted by Crippen LogP contribution is -2.29. The van der Waals surface area contributed by atoms with E-state index in [1.165, 1.54) is 0 Å². The number of aromatic amines is 1. The van der Waals surface area contributed by atoms with Gasteiger partial charge in [-0.1, -0.05) is 35.4 Å². The zero-order valence-electron chi connectivity index (χ0n) is 14.8. The molecule has 0 fully saturated rings. The van der Waals surface area contributed by atoms with Crippen LogP contribution in [-0.2, 0) is 0 Å². The summed E-state index contributed by atoms with van der Waals surface area (Å²) in [7, 11) is 1.61. The summed E-state index contributed by atoms with van der Waals surface area (Å²) in [6, 6.07) is 16.9. The van der Waals surface area contributed by atoms with Crippen molar-refractivity contribution in [2.45, 2.75) is 6.04 Å². The summed E-state index contributed by atoms with van der Waals surface area (Å²) in [6.45, 7) is 0. The van der Waals surface area contributed by atoms with Gasteiger partial charge in [0.05, 0.1) is 12.8 Å². The van der Waals surface area contributed by atoms with Gasteiger partial charge in [0.2, 0.25) is 5.95 Å². The van der Waals surface area contributed by atoms with Crippen molar-refractivity contribution in [1.82, 2.24) is 30.4 Å². The Balaban J connectivity index is 1.79. The van der Waals surface area contributed by atoms with Crippen LogP contribution < -0.4 is 15.6 Å². The Hall–Kier alpha value is -4.01. The topological polar surface area (TPSA) is 111 Å². The summed E-state index contributed by atoms with van der Waals surface area (Å²) < 4.78 is 6.90. The number of hydrogen-bond donors (Lipinski definition) is 2. The van der Waals surface area contributed by atoms with E-state index in [0.717, 1.165) is 16.9 Å². The Bertz CT molecular complexity index is 1200. The van der Waals surface area contributed by atoms with Crippen molar-refractivity contribution in [2.24, 2.45) is 0 Å². The highest BCUT2D eigenvalue weighted by Crippen LogP contribution is 2.40. The van der Waals surface area contributed by atoms with E-state index in [2.05, 4.69) is 31.0 Å². The number of methoxy groups -OCH3 is 1. The van der Waals surface area contributed by atoms with Gasteiger partial charge in [0, 0.05) is 11.1 Å². The molecular weight excluding hydrogens is 358 g/mol. The van der Waals surface area contributed by atoms with Gasteiger partial charge in [-0.2, -0.15) is 9.78 Å². The third-order valence-electron chi connectivity index (χ3n) is 4.75. The molecule has 4 aromatic rings. The predicted octanol–water partition coefficient (Wildman–Crippen LogP) is 2.13. The summed E-state index contributed by atoms with van der Waals surface area (Å²) in [5, 5.41) is 21.9. The summed E-state index contributed by atoms with van der Waals surface area (Å²) in [6.07, 6.45) is 0. The number of fused-ring (bicyclic) bond motifs is 2.